The Labute approximate surface area is 249 Å². The summed E-state index contributed by atoms with van der Waals surface area (Å²) in [6, 6.07) is 42.5. The lowest BCUT2D eigenvalue weighted by molar-refractivity contribution is 0.642. The minimum absolute atomic E-state index is 0.264. The molecule has 0 spiro atoms. The molecule has 4 nitrogen and oxygen atoms in total. The molecule has 0 aliphatic heterocycles. The molecule has 0 radical (unpaired) electrons. The smallest absolute Gasteiger partial charge is 0.0972 e. The fourth-order valence-electron chi connectivity index (χ4n) is 6.22. The van der Waals surface area contributed by atoms with Crippen LogP contribution >= 0.6 is 0 Å². The van der Waals surface area contributed by atoms with Crippen molar-refractivity contribution in [2.75, 3.05) is 0 Å². The van der Waals surface area contributed by atoms with Crippen molar-refractivity contribution in [3.8, 4) is 22.5 Å². The van der Waals surface area contributed by atoms with Gasteiger partial charge in [0.25, 0.3) is 0 Å². The van der Waals surface area contributed by atoms with E-state index >= 15 is 0 Å². The van der Waals surface area contributed by atoms with Crippen LogP contribution in [-0.4, -0.2) is 19.9 Å². The maximum Gasteiger partial charge on any atom is 0.0972 e. The highest BCUT2D eigenvalue weighted by Gasteiger charge is 2.27. The Morgan fingerprint density at radius 1 is 0.442 bits per heavy atom. The summed E-state index contributed by atoms with van der Waals surface area (Å²) in [6.45, 7) is 4.57. The average Bonchev–Trinajstić information content (AvgIpc) is 3.07. The lowest BCUT2D eigenvalue weighted by Gasteiger charge is -2.29. The second kappa shape index (κ2) is 9.81. The number of fused-ring (bicyclic) bond motifs is 6. The molecule has 0 bridgehead atoms. The van der Waals surface area contributed by atoms with E-state index in [0.29, 0.717) is 0 Å². The normalized spacial score (nSPS) is 12.0. The van der Waals surface area contributed by atoms with Crippen molar-refractivity contribution in [1.82, 2.24) is 19.9 Å². The molecule has 43 heavy (non-hydrogen) atoms. The van der Waals surface area contributed by atoms with E-state index in [1.54, 1.807) is 0 Å². The van der Waals surface area contributed by atoms with Crippen LogP contribution < -0.4 is 0 Å². The van der Waals surface area contributed by atoms with Crippen molar-refractivity contribution in [2.24, 2.45) is 0 Å². The Bertz CT molecular complexity index is 2320. The van der Waals surface area contributed by atoms with Gasteiger partial charge in [-0.1, -0.05) is 111 Å². The van der Waals surface area contributed by atoms with Crippen molar-refractivity contribution in [2.45, 2.75) is 19.3 Å². The van der Waals surface area contributed by atoms with Crippen LogP contribution in [0, 0.1) is 0 Å². The molecule has 4 aromatic carbocycles. The van der Waals surface area contributed by atoms with E-state index in [9.17, 15) is 0 Å². The number of aromatic nitrogens is 4. The van der Waals surface area contributed by atoms with E-state index in [-0.39, 0.29) is 5.41 Å². The summed E-state index contributed by atoms with van der Waals surface area (Å²) in [4.78, 5) is 19.5. The molecule has 8 rings (SSSR count). The third-order valence-corrected chi connectivity index (χ3v) is 8.64. The minimum Gasteiger partial charge on any atom is -0.254 e. The van der Waals surface area contributed by atoms with Gasteiger partial charge in [0, 0.05) is 50.5 Å². The summed E-state index contributed by atoms with van der Waals surface area (Å²) in [6.07, 6.45) is 3.67. The second-order valence-electron chi connectivity index (χ2n) is 11.6. The number of benzene rings is 4. The number of hydrogen-bond acceptors (Lipinski definition) is 4. The Morgan fingerprint density at radius 3 is 1.58 bits per heavy atom. The van der Waals surface area contributed by atoms with E-state index in [1.807, 2.05) is 24.5 Å². The van der Waals surface area contributed by atoms with Gasteiger partial charge in [-0.25, -0.2) is 9.97 Å². The van der Waals surface area contributed by atoms with Gasteiger partial charge in [0.1, 0.15) is 0 Å². The van der Waals surface area contributed by atoms with Gasteiger partial charge in [-0.05, 0) is 35.4 Å². The molecule has 0 saturated carbocycles. The van der Waals surface area contributed by atoms with Gasteiger partial charge >= 0.3 is 0 Å². The lowest BCUT2D eigenvalue weighted by Crippen LogP contribution is -2.20. The van der Waals surface area contributed by atoms with Crippen molar-refractivity contribution in [1.29, 1.82) is 0 Å². The van der Waals surface area contributed by atoms with E-state index < -0.39 is 0 Å². The molecule has 0 atom stereocenters. The van der Waals surface area contributed by atoms with Crippen LogP contribution in [0.1, 0.15) is 25.0 Å². The molecule has 4 aromatic heterocycles. The largest absolute Gasteiger partial charge is 0.254 e. The highest BCUT2D eigenvalue weighted by Crippen LogP contribution is 2.39. The number of hydrogen-bond donors (Lipinski definition) is 0. The van der Waals surface area contributed by atoms with Crippen molar-refractivity contribution in [3.05, 3.63) is 145 Å². The van der Waals surface area contributed by atoms with E-state index in [2.05, 4.69) is 133 Å². The van der Waals surface area contributed by atoms with Gasteiger partial charge in [0.05, 0.1) is 33.5 Å². The van der Waals surface area contributed by atoms with Crippen molar-refractivity contribution >= 4 is 43.6 Å². The first kappa shape index (κ1) is 25.2. The first-order valence-electron chi connectivity index (χ1n) is 14.6. The van der Waals surface area contributed by atoms with E-state index in [0.717, 1.165) is 66.1 Å². The summed E-state index contributed by atoms with van der Waals surface area (Å²) < 4.78 is 0. The predicted octanol–water partition coefficient (Wildman–Crippen LogP) is 9.54. The monoisotopic (exact) mass is 552 g/mol. The van der Waals surface area contributed by atoms with Crippen LogP contribution in [0.3, 0.4) is 0 Å². The molecular weight excluding hydrogens is 524 g/mol. The zero-order valence-corrected chi connectivity index (χ0v) is 24.0. The zero-order valence-electron chi connectivity index (χ0n) is 24.0. The van der Waals surface area contributed by atoms with Gasteiger partial charge < -0.3 is 0 Å². The zero-order chi connectivity index (χ0) is 29.0. The Morgan fingerprint density at radius 2 is 0.953 bits per heavy atom. The maximum absolute atomic E-state index is 5.17. The van der Waals surface area contributed by atoms with Crippen LogP contribution in [0.4, 0.5) is 0 Å². The quantitative estimate of drug-likeness (QED) is 0.204. The molecule has 0 N–H and O–H groups in total. The molecule has 4 heterocycles. The molecule has 8 aromatic rings. The molecule has 0 amide bonds. The second-order valence-corrected chi connectivity index (χ2v) is 11.6. The summed E-state index contributed by atoms with van der Waals surface area (Å²) in [5, 5.41) is 4.38. The average molecular weight is 553 g/mol. The lowest BCUT2D eigenvalue weighted by atomic mass is 9.75. The predicted molar refractivity (Wildman–Crippen MR) is 177 cm³/mol. The number of pyridine rings is 4. The van der Waals surface area contributed by atoms with Crippen LogP contribution in [0.5, 0.6) is 0 Å². The summed E-state index contributed by atoms with van der Waals surface area (Å²) >= 11 is 0. The standard InChI is InChI=1S/C39H28N4/c1-39(2,30-19-15-25(16-20-30)33-21-17-28-13-11-26-7-5-23-40-35(26)37(28)42-33)32-10-4-3-9-31(32)34-22-18-29-14-12-27-8-6-24-41-36(27)38(29)43-34/h3-24H,1-2H3. The topological polar surface area (TPSA) is 51.6 Å². The Hall–Kier alpha value is -5.48. The molecule has 0 saturated heterocycles. The minimum atomic E-state index is -0.264. The Balaban J connectivity index is 1.18. The highest BCUT2D eigenvalue weighted by molar-refractivity contribution is 6.04. The number of rotatable bonds is 4. The van der Waals surface area contributed by atoms with Crippen molar-refractivity contribution in [3.63, 3.8) is 0 Å². The summed E-state index contributed by atoms with van der Waals surface area (Å²) in [5.74, 6) is 0. The van der Waals surface area contributed by atoms with Gasteiger partial charge in [-0.2, -0.15) is 0 Å². The molecule has 0 aliphatic carbocycles. The van der Waals surface area contributed by atoms with Crippen LogP contribution in [0.2, 0.25) is 0 Å². The maximum atomic E-state index is 5.17. The van der Waals surface area contributed by atoms with Gasteiger partial charge in [-0.15, -0.1) is 0 Å². The van der Waals surface area contributed by atoms with Crippen LogP contribution in [0.25, 0.3) is 66.1 Å². The Kier molecular flexibility index (Phi) is 5.76. The third-order valence-electron chi connectivity index (χ3n) is 8.64. The molecule has 4 heteroatoms. The summed E-state index contributed by atoms with van der Waals surface area (Å²) in [7, 11) is 0. The SMILES string of the molecule is CC(C)(c1ccc(-c2ccc3ccc4cccnc4c3n2)cc1)c1ccccc1-c1ccc2ccc3cccnc3c2n1. The van der Waals surface area contributed by atoms with E-state index in [1.165, 1.54) is 11.1 Å². The van der Waals surface area contributed by atoms with Crippen LogP contribution in [-0.2, 0) is 5.41 Å². The van der Waals surface area contributed by atoms with Gasteiger partial charge in [0.15, 0.2) is 0 Å². The fourth-order valence-corrected chi connectivity index (χ4v) is 6.22. The van der Waals surface area contributed by atoms with Gasteiger partial charge in [-0.3, -0.25) is 9.97 Å². The van der Waals surface area contributed by atoms with E-state index in [4.69, 9.17) is 9.97 Å². The first-order valence-corrected chi connectivity index (χ1v) is 14.6. The van der Waals surface area contributed by atoms with Crippen LogP contribution in [0.15, 0.2) is 134 Å². The number of nitrogens with zero attached hydrogens (tertiary/aromatic N) is 4. The highest BCUT2D eigenvalue weighted by atomic mass is 14.8. The summed E-state index contributed by atoms with van der Waals surface area (Å²) in [5.41, 5.74) is 10.0. The molecule has 0 aliphatic rings. The van der Waals surface area contributed by atoms with Gasteiger partial charge in [0.2, 0.25) is 0 Å². The third kappa shape index (κ3) is 4.22. The first-order chi connectivity index (χ1) is 21.1. The molecule has 0 unspecified atom stereocenters. The van der Waals surface area contributed by atoms with Crippen molar-refractivity contribution < 1.29 is 0 Å². The molecular formula is C39H28N4. The molecule has 204 valence electrons. The fraction of sp³-hybridized carbons (Fsp3) is 0.0769. The molecule has 0 fully saturated rings.